The lowest BCUT2D eigenvalue weighted by Gasteiger charge is -2.15. The summed E-state index contributed by atoms with van der Waals surface area (Å²) in [7, 11) is 0. The van der Waals surface area contributed by atoms with Gasteiger partial charge in [0.05, 0.1) is 16.8 Å². The first-order chi connectivity index (χ1) is 10.4. The summed E-state index contributed by atoms with van der Waals surface area (Å²) in [6, 6.07) is 1.14. The van der Waals surface area contributed by atoms with Crippen molar-refractivity contribution in [2.45, 2.75) is 19.3 Å². The van der Waals surface area contributed by atoms with Crippen LogP contribution in [0.2, 0.25) is 10.4 Å². The first-order valence-electron chi connectivity index (χ1n) is 5.89. The second kappa shape index (κ2) is 5.83. The Balaban J connectivity index is 2.78. The number of nitrogens with zero attached hydrogens (tertiary/aromatic N) is 2. The van der Waals surface area contributed by atoms with E-state index in [1.54, 1.807) is 0 Å². The van der Waals surface area contributed by atoms with Crippen LogP contribution in [0, 0.1) is 6.92 Å². The van der Waals surface area contributed by atoms with Crippen molar-refractivity contribution in [1.82, 2.24) is 9.97 Å². The van der Waals surface area contributed by atoms with Gasteiger partial charge in [-0.1, -0.05) is 11.6 Å². The van der Waals surface area contributed by atoms with Crippen molar-refractivity contribution in [3.8, 4) is 11.1 Å². The van der Waals surface area contributed by atoms with Crippen LogP contribution in [0.4, 0.5) is 26.3 Å². The normalized spacial score (nSPS) is 12.6. The Morgan fingerprint density at radius 1 is 0.826 bits per heavy atom. The molecule has 0 aliphatic rings. The van der Waals surface area contributed by atoms with Crippen molar-refractivity contribution in [3.63, 3.8) is 0 Å². The Kier molecular flexibility index (Phi) is 4.51. The average molecular weight is 375 g/mol. The third-order valence-electron chi connectivity index (χ3n) is 2.89. The van der Waals surface area contributed by atoms with Crippen molar-refractivity contribution in [1.29, 1.82) is 0 Å². The monoisotopic (exact) mass is 374 g/mol. The van der Waals surface area contributed by atoms with Crippen LogP contribution in [0.1, 0.15) is 16.8 Å². The topological polar surface area (TPSA) is 25.8 Å². The highest BCUT2D eigenvalue weighted by atomic mass is 35.5. The molecular formula is C13H6Cl2F6N2. The van der Waals surface area contributed by atoms with E-state index < -0.39 is 29.0 Å². The number of benzene rings is 1. The van der Waals surface area contributed by atoms with Gasteiger partial charge in [-0.15, -0.1) is 0 Å². The highest BCUT2D eigenvalue weighted by Gasteiger charge is 2.37. The van der Waals surface area contributed by atoms with Crippen LogP contribution < -0.4 is 0 Å². The van der Waals surface area contributed by atoms with Crippen molar-refractivity contribution >= 4 is 23.2 Å². The van der Waals surface area contributed by atoms with Gasteiger partial charge in [-0.3, -0.25) is 0 Å². The molecule has 0 saturated heterocycles. The summed E-state index contributed by atoms with van der Waals surface area (Å²) in [6.07, 6.45) is -9.91. The van der Waals surface area contributed by atoms with Crippen molar-refractivity contribution in [2.24, 2.45) is 0 Å². The number of aryl methyl sites for hydroxylation is 1. The molecule has 1 aromatic carbocycles. The number of hydrogen-bond donors (Lipinski definition) is 0. The Morgan fingerprint density at radius 3 is 1.70 bits per heavy atom. The molecule has 0 aliphatic carbocycles. The summed E-state index contributed by atoms with van der Waals surface area (Å²) >= 11 is 11.4. The minimum atomic E-state index is -4.95. The number of aromatic nitrogens is 2. The van der Waals surface area contributed by atoms with Crippen molar-refractivity contribution < 1.29 is 26.3 Å². The molecule has 0 fully saturated rings. The van der Waals surface area contributed by atoms with Gasteiger partial charge >= 0.3 is 12.4 Å². The largest absolute Gasteiger partial charge is 0.416 e. The molecule has 0 unspecified atom stereocenters. The smallest absolute Gasteiger partial charge is 0.223 e. The molecule has 1 heterocycles. The van der Waals surface area contributed by atoms with Gasteiger partial charge in [-0.05, 0) is 42.3 Å². The number of alkyl halides is 6. The van der Waals surface area contributed by atoms with Gasteiger partial charge in [-0.25, -0.2) is 9.97 Å². The molecule has 0 bridgehead atoms. The highest BCUT2D eigenvalue weighted by Crippen LogP contribution is 2.40. The summed E-state index contributed by atoms with van der Waals surface area (Å²) in [6.45, 7) is 1.35. The molecule has 0 amide bonds. The van der Waals surface area contributed by atoms with Crippen LogP contribution in [0.5, 0.6) is 0 Å². The van der Waals surface area contributed by atoms with Crippen molar-refractivity contribution in [3.05, 3.63) is 45.5 Å². The van der Waals surface area contributed by atoms with E-state index in [4.69, 9.17) is 23.2 Å². The Labute approximate surface area is 136 Å². The molecule has 0 N–H and O–H groups in total. The maximum atomic E-state index is 12.9. The third kappa shape index (κ3) is 3.87. The van der Waals surface area contributed by atoms with Gasteiger partial charge in [0, 0.05) is 5.56 Å². The summed E-state index contributed by atoms with van der Waals surface area (Å²) in [5.74, 6) is 0. The van der Waals surface area contributed by atoms with Gasteiger partial charge in [0.2, 0.25) is 5.28 Å². The van der Waals surface area contributed by atoms with Crippen LogP contribution in [-0.2, 0) is 12.4 Å². The average Bonchev–Trinajstić information content (AvgIpc) is 2.35. The van der Waals surface area contributed by atoms with Crippen LogP contribution in [0.25, 0.3) is 11.1 Å². The zero-order valence-corrected chi connectivity index (χ0v) is 12.7. The maximum Gasteiger partial charge on any atom is 0.416 e. The van der Waals surface area contributed by atoms with E-state index >= 15 is 0 Å². The van der Waals surface area contributed by atoms with E-state index in [0.717, 1.165) is 0 Å². The fourth-order valence-corrected chi connectivity index (χ4v) is 2.51. The summed E-state index contributed by atoms with van der Waals surface area (Å²) < 4.78 is 77.2. The standard InChI is InChI=1S/C13H6Cl2F6N2/c1-5-9(10(14)23-11(15)22-5)6-2-7(12(16,17)18)4-8(3-6)13(19,20)21/h2-4H,1H3. The van der Waals surface area contributed by atoms with E-state index in [2.05, 4.69) is 9.97 Å². The first kappa shape index (κ1) is 17.8. The van der Waals surface area contributed by atoms with Gasteiger partial charge in [0.25, 0.3) is 0 Å². The first-order valence-corrected chi connectivity index (χ1v) is 6.64. The van der Waals surface area contributed by atoms with Gasteiger partial charge < -0.3 is 0 Å². The third-order valence-corrected chi connectivity index (χ3v) is 3.34. The van der Waals surface area contributed by atoms with E-state index in [-0.39, 0.29) is 27.8 Å². The predicted octanol–water partition coefficient (Wildman–Crippen LogP) is 5.80. The molecule has 0 radical (unpaired) electrons. The molecule has 0 aliphatic heterocycles. The zero-order chi connectivity index (χ0) is 17.6. The minimum Gasteiger partial charge on any atom is -0.223 e. The van der Waals surface area contributed by atoms with E-state index in [1.807, 2.05) is 0 Å². The van der Waals surface area contributed by atoms with Gasteiger partial charge in [0.15, 0.2) is 0 Å². The van der Waals surface area contributed by atoms with Gasteiger partial charge in [-0.2, -0.15) is 26.3 Å². The van der Waals surface area contributed by atoms with Gasteiger partial charge in [0.1, 0.15) is 5.15 Å². The Hall–Kier alpha value is -1.54. The highest BCUT2D eigenvalue weighted by molar-refractivity contribution is 6.33. The minimum absolute atomic E-state index is 0.0313. The fraction of sp³-hybridized carbons (Fsp3) is 0.231. The van der Waals surface area contributed by atoms with E-state index in [9.17, 15) is 26.3 Å². The second-order valence-electron chi connectivity index (χ2n) is 4.54. The number of hydrogen-bond acceptors (Lipinski definition) is 2. The number of rotatable bonds is 1. The molecule has 2 rings (SSSR count). The maximum absolute atomic E-state index is 12.9. The molecular weight excluding hydrogens is 369 g/mol. The summed E-state index contributed by atoms with van der Waals surface area (Å²) in [5.41, 5.74) is -3.39. The summed E-state index contributed by atoms with van der Waals surface area (Å²) in [5, 5.41) is -0.603. The lowest BCUT2D eigenvalue weighted by Crippen LogP contribution is -2.11. The zero-order valence-electron chi connectivity index (χ0n) is 11.2. The van der Waals surface area contributed by atoms with Crippen LogP contribution in [-0.4, -0.2) is 9.97 Å². The van der Waals surface area contributed by atoms with E-state index in [1.165, 1.54) is 6.92 Å². The fourth-order valence-electron chi connectivity index (χ4n) is 1.93. The van der Waals surface area contributed by atoms with Crippen LogP contribution in [0.15, 0.2) is 18.2 Å². The van der Waals surface area contributed by atoms with Crippen LogP contribution >= 0.6 is 23.2 Å². The lowest BCUT2D eigenvalue weighted by molar-refractivity contribution is -0.143. The molecule has 124 valence electrons. The lowest BCUT2D eigenvalue weighted by atomic mass is 9.99. The molecule has 10 heteroatoms. The van der Waals surface area contributed by atoms with Crippen molar-refractivity contribution in [2.75, 3.05) is 0 Å². The molecule has 0 saturated carbocycles. The second-order valence-corrected chi connectivity index (χ2v) is 5.23. The quantitative estimate of drug-likeness (QED) is 0.358. The predicted molar refractivity (Wildman–Crippen MR) is 72.2 cm³/mol. The van der Waals surface area contributed by atoms with E-state index in [0.29, 0.717) is 12.1 Å². The number of halogens is 8. The molecule has 1 aromatic heterocycles. The molecule has 23 heavy (non-hydrogen) atoms. The Morgan fingerprint density at radius 2 is 1.30 bits per heavy atom. The molecule has 0 spiro atoms. The molecule has 0 atom stereocenters. The Bertz CT molecular complexity index is 700. The molecule has 2 aromatic rings. The molecule has 2 nitrogen and oxygen atoms in total. The summed E-state index contributed by atoms with van der Waals surface area (Å²) in [4.78, 5) is 7.25. The van der Waals surface area contributed by atoms with Crippen LogP contribution in [0.3, 0.4) is 0 Å². The SMILES string of the molecule is Cc1nc(Cl)nc(Cl)c1-c1cc(C(F)(F)F)cc(C(F)(F)F)c1.